The molecule has 0 saturated carbocycles. The van der Waals surface area contributed by atoms with Crippen molar-refractivity contribution in [3.05, 3.63) is 157 Å². The normalized spacial score (nSPS) is 11.0. The molecule has 0 aliphatic rings. The molecule has 6 aromatic carbocycles. The van der Waals surface area contributed by atoms with Crippen molar-refractivity contribution < 1.29 is 0 Å². The summed E-state index contributed by atoms with van der Waals surface area (Å²) in [6, 6.07) is 52.4. The molecule has 2 N–H and O–H groups in total. The molecule has 0 unspecified atom stereocenters. The van der Waals surface area contributed by atoms with Crippen molar-refractivity contribution in [2.45, 2.75) is 0 Å². The molecule has 41 heavy (non-hydrogen) atoms. The first kappa shape index (κ1) is 24.4. The fourth-order valence-electron chi connectivity index (χ4n) is 5.64. The van der Waals surface area contributed by atoms with Gasteiger partial charge in [-0.2, -0.15) is 0 Å². The molecule has 1 aromatic heterocycles. The van der Waals surface area contributed by atoms with Crippen LogP contribution < -0.4 is 10.2 Å². The van der Waals surface area contributed by atoms with Crippen LogP contribution in [0.3, 0.4) is 0 Å². The van der Waals surface area contributed by atoms with Gasteiger partial charge in [-0.15, -0.1) is 0 Å². The zero-order valence-corrected chi connectivity index (χ0v) is 22.4. The largest absolute Gasteiger partial charge is 0.355 e. The highest BCUT2D eigenvalue weighted by molar-refractivity contribution is 6.16. The van der Waals surface area contributed by atoms with Gasteiger partial charge in [0.15, 0.2) is 0 Å². The fourth-order valence-corrected chi connectivity index (χ4v) is 5.64. The molecule has 0 bridgehead atoms. The Morgan fingerprint density at radius 2 is 1.10 bits per heavy atom. The minimum absolute atomic E-state index is 0.849. The number of fused-ring (bicyclic) bond motifs is 3. The summed E-state index contributed by atoms with van der Waals surface area (Å²) < 4.78 is 2.28. The molecule has 4 nitrogen and oxygen atoms in total. The van der Waals surface area contributed by atoms with Crippen molar-refractivity contribution in [1.82, 2.24) is 4.57 Å². The molecule has 7 rings (SSSR count). The Balaban J connectivity index is 1.40. The second kappa shape index (κ2) is 10.5. The van der Waals surface area contributed by atoms with E-state index in [9.17, 15) is 0 Å². The van der Waals surface area contributed by atoms with Gasteiger partial charge in [0, 0.05) is 56.7 Å². The lowest BCUT2D eigenvalue weighted by Gasteiger charge is -2.25. The van der Waals surface area contributed by atoms with Gasteiger partial charge in [0.25, 0.3) is 0 Å². The third-order valence-electron chi connectivity index (χ3n) is 7.47. The van der Waals surface area contributed by atoms with Crippen LogP contribution >= 0.6 is 0 Å². The van der Waals surface area contributed by atoms with Crippen LogP contribution in [0.15, 0.2) is 152 Å². The summed E-state index contributed by atoms with van der Waals surface area (Å²) in [4.78, 5) is 2.26. The monoisotopic (exact) mass is 528 g/mol. The molecule has 1 heterocycles. The van der Waals surface area contributed by atoms with E-state index < -0.39 is 0 Å². The van der Waals surface area contributed by atoms with E-state index in [-0.39, 0.29) is 0 Å². The number of anilines is 5. The van der Waals surface area contributed by atoms with E-state index in [1.807, 2.05) is 42.5 Å². The minimum Gasteiger partial charge on any atom is -0.355 e. The standard InChI is InChI=1S/C37H28N4/c38-26-34-35(39-27-12-4-1-5-13-27)25-24-33-32-18-10-11-19-36(32)41(37(33)34)31-22-20-30(21-23-31)40(28-14-6-2-7-15-28)29-16-8-3-9-17-29/h1-26,38-39H. The number of nitrogens with one attached hydrogen (secondary N) is 2. The lowest BCUT2D eigenvalue weighted by atomic mass is 10.1. The highest BCUT2D eigenvalue weighted by Crippen LogP contribution is 2.39. The Hall–Kier alpha value is -5.61. The summed E-state index contributed by atoms with van der Waals surface area (Å²) in [5.41, 5.74) is 9.18. The number of para-hydroxylation sites is 4. The second-order valence-electron chi connectivity index (χ2n) is 9.93. The Morgan fingerprint density at radius 3 is 1.73 bits per heavy atom. The number of aromatic nitrogens is 1. The van der Waals surface area contributed by atoms with Gasteiger partial charge in [0.1, 0.15) is 0 Å². The first-order chi connectivity index (χ1) is 20.3. The Morgan fingerprint density at radius 1 is 0.537 bits per heavy atom. The first-order valence-electron chi connectivity index (χ1n) is 13.7. The minimum atomic E-state index is 0.849. The third kappa shape index (κ3) is 4.42. The number of hydrogen-bond acceptors (Lipinski definition) is 3. The average molecular weight is 529 g/mol. The van der Waals surface area contributed by atoms with Gasteiger partial charge in [-0.25, -0.2) is 0 Å². The molecule has 0 amide bonds. The SMILES string of the molecule is N=Cc1c(Nc2ccccc2)ccc2c3ccccc3n(-c3ccc(N(c4ccccc4)c4ccccc4)cc3)c12. The maximum absolute atomic E-state index is 8.46. The van der Waals surface area contributed by atoms with Gasteiger partial charge in [-0.05, 0) is 72.8 Å². The topological polar surface area (TPSA) is 44.1 Å². The zero-order valence-electron chi connectivity index (χ0n) is 22.4. The van der Waals surface area contributed by atoms with Crippen molar-refractivity contribution >= 4 is 56.5 Å². The van der Waals surface area contributed by atoms with Crippen LogP contribution in [0.5, 0.6) is 0 Å². The van der Waals surface area contributed by atoms with E-state index >= 15 is 0 Å². The molecular formula is C37H28N4. The summed E-state index contributed by atoms with van der Waals surface area (Å²) >= 11 is 0. The number of nitrogens with zero attached hydrogens (tertiary/aromatic N) is 2. The van der Waals surface area contributed by atoms with Gasteiger partial charge in [0.05, 0.1) is 11.0 Å². The van der Waals surface area contributed by atoms with E-state index in [1.165, 1.54) is 6.21 Å². The van der Waals surface area contributed by atoms with Crippen molar-refractivity contribution in [2.75, 3.05) is 10.2 Å². The van der Waals surface area contributed by atoms with Crippen LogP contribution in [-0.4, -0.2) is 10.8 Å². The summed E-state index contributed by atoms with van der Waals surface area (Å²) in [6.45, 7) is 0. The molecule has 4 heteroatoms. The van der Waals surface area contributed by atoms with E-state index in [4.69, 9.17) is 5.41 Å². The third-order valence-corrected chi connectivity index (χ3v) is 7.47. The molecule has 196 valence electrons. The Kier molecular flexibility index (Phi) is 6.26. The van der Waals surface area contributed by atoms with Crippen LogP contribution in [0.4, 0.5) is 28.4 Å². The maximum atomic E-state index is 8.46. The average Bonchev–Trinajstić information content (AvgIpc) is 3.37. The van der Waals surface area contributed by atoms with Gasteiger partial charge in [0.2, 0.25) is 0 Å². The summed E-state index contributed by atoms with van der Waals surface area (Å²) in [5, 5.41) is 14.3. The van der Waals surface area contributed by atoms with Crippen molar-refractivity contribution in [1.29, 1.82) is 5.41 Å². The van der Waals surface area contributed by atoms with Crippen LogP contribution in [0.2, 0.25) is 0 Å². The first-order valence-corrected chi connectivity index (χ1v) is 13.7. The predicted octanol–water partition coefficient (Wildman–Crippen LogP) is 9.99. The second-order valence-corrected chi connectivity index (χ2v) is 9.93. The van der Waals surface area contributed by atoms with E-state index in [2.05, 4.69) is 124 Å². The number of hydrogen-bond donors (Lipinski definition) is 2. The molecule has 0 aliphatic heterocycles. The van der Waals surface area contributed by atoms with Crippen molar-refractivity contribution in [3.63, 3.8) is 0 Å². The molecular weight excluding hydrogens is 500 g/mol. The molecule has 0 aliphatic carbocycles. The zero-order chi connectivity index (χ0) is 27.6. The van der Waals surface area contributed by atoms with Crippen molar-refractivity contribution in [3.8, 4) is 5.69 Å². The van der Waals surface area contributed by atoms with Crippen LogP contribution in [-0.2, 0) is 0 Å². The van der Waals surface area contributed by atoms with E-state index in [0.29, 0.717) is 0 Å². The molecule has 0 saturated heterocycles. The van der Waals surface area contributed by atoms with Crippen LogP contribution in [0, 0.1) is 5.41 Å². The lowest BCUT2D eigenvalue weighted by Crippen LogP contribution is -2.09. The van der Waals surface area contributed by atoms with E-state index in [1.54, 1.807) is 0 Å². The molecule has 0 atom stereocenters. The lowest BCUT2D eigenvalue weighted by molar-refractivity contribution is 1.17. The Labute approximate surface area is 239 Å². The van der Waals surface area contributed by atoms with Gasteiger partial charge in [-0.3, -0.25) is 0 Å². The maximum Gasteiger partial charge on any atom is 0.0649 e. The van der Waals surface area contributed by atoms with Gasteiger partial charge >= 0.3 is 0 Å². The smallest absolute Gasteiger partial charge is 0.0649 e. The highest BCUT2D eigenvalue weighted by Gasteiger charge is 2.18. The summed E-state index contributed by atoms with van der Waals surface area (Å²) in [5.74, 6) is 0. The molecule has 0 fully saturated rings. The molecule has 0 spiro atoms. The summed E-state index contributed by atoms with van der Waals surface area (Å²) in [6.07, 6.45) is 1.46. The fraction of sp³-hybridized carbons (Fsp3) is 0. The van der Waals surface area contributed by atoms with Crippen LogP contribution in [0.1, 0.15) is 5.56 Å². The van der Waals surface area contributed by atoms with Crippen molar-refractivity contribution in [2.24, 2.45) is 0 Å². The van der Waals surface area contributed by atoms with Crippen LogP contribution in [0.25, 0.3) is 27.5 Å². The van der Waals surface area contributed by atoms with Gasteiger partial charge < -0.3 is 20.2 Å². The summed E-state index contributed by atoms with van der Waals surface area (Å²) in [7, 11) is 0. The predicted molar refractivity (Wildman–Crippen MR) is 173 cm³/mol. The number of rotatable bonds is 7. The quantitative estimate of drug-likeness (QED) is 0.202. The Bertz CT molecular complexity index is 1920. The van der Waals surface area contributed by atoms with Gasteiger partial charge in [-0.1, -0.05) is 78.9 Å². The molecule has 7 aromatic rings. The van der Waals surface area contributed by atoms with E-state index in [0.717, 1.165) is 61.5 Å². The highest BCUT2D eigenvalue weighted by atomic mass is 15.1. The number of benzene rings is 6. The molecule has 0 radical (unpaired) electrons.